The van der Waals surface area contributed by atoms with Crippen LogP contribution in [0, 0.1) is 0 Å². The van der Waals surface area contributed by atoms with Gasteiger partial charge in [0.05, 0.1) is 5.56 Å². The van der Waals surface area contributed by atoms with E-state index in [1.807, 2.05) is 12.1 Å². The van der Waals surface area contributed by atoms with E-state index in [-0.39, 0.29) is 12.5 Å². The lowest BCUT2D eigenvalue weighted by atomic mass is 10.0. The van der Waals surface area contributed by atoms with Crippen LogP contribution in [0.25, 0.3) is 0 Å². The predicted octanol–water partition coefficient (Wildman–Crippen LogP) is 3.28. The molecule has 21 heavy (non-hydrogen) atoms. The van der Waals surface area contributed by atoms with Crippen molar-refractivity contribution in [3.8, 4) is 0 Å². The second-order valence-electron chi connectivity index (χ2n) is 4.85. The summed E-state index contributed by atoms with van der Waals surface area (Å²) in [5.74, 6) is -1.78. The van der Waals surface area contributed by atoms with E-state index in [9.17, 15) is 14.7 Å². The number of hydrogen-bond acceptors (Lipinski definition) is 2. The number of carboxylic acid groups (broad SMARTS) is 1. The lowest BCUT2D eigenvalue weighted by molar-refractivity contribution is -0.138. The molecule has 0 aromatic heterocycles. The van der Waals surface area contributed by atoms with E-state index in [0.717, 1.165) is 0 Å². The molecule has 1 aliphatic rings. The third-order valence-electron chi connectivity index (χ3n) is 3.62. The minimum absolute atomic E-state index is 0.162. The highest BCUT2D eigenvalue weighted by Crippen LogP contribution is 2.37. The van der Waals surface area contributed by atoms with Crippen LogP contribution < -0.4 is 4.90 Å². The van der Waals surface area contributed by atoms with Crippen molar-refractivity contribution in [1.29, 1.82) is 0 Å². The molecular formula is C16H12BrNO3. The maximum absolute atomic E-state index is 12.7. The summed E-state index contributed by atoms with van der Waals surface area (Å²) < 4.78 is 0.700. The molecule has 2 aromatic rings. The Kier molecular flexibility index (Phi) is 3.51. The first-order valence-corrected chi connectivity index (χ1v) is 7.27. The van der Waals surface area contributed by atoms with Crippen LogP contribution in [0.4, 0.5) is 5.69 Å². The average molecular weight is 346 g/mol. The highest BCUT2D eigenvalue weighted by atomic mass is 79.9. The molecule has 0 saturated carbocycles. The minimum atomic E-state index is -0.912. The van der Waals surface area contributed by atoms with Gasteiger partial charge in [-0.25, -0.2) is 0 Å². The first-order chi connectivity index (χ1) is 10.1. The van der Waals surface area contributed by atoms with Gasteiger partial charge in [-0.05, 0) is 39.7 Å². The maximum Gasteiger partial charge on any atom is 0.312 e. The normalized spacial score (nSPS) is 16.6. The molecule has 1 atom stereocenters. The first kappa shape index (κ1) is 13.8. The van der Waals surface area contributed by atoms with E-state index in [2.05, 4.69) is 15.9 Å². The lowest BCUT2D eigenvalue weighted by Gasteiger charge is -2.18. The van der Waals surface area contributed by atoms with Crippen LogP contribution in [0.1, 0.15) is 21.8 Å². The first-order valence-electron chi connectivity index (χ1n) is 6.47. The molecule has 0 bridgehead atoms. The number of para-hydroxylation sites is 1. The van der Waals surface area contributed by atoms with Gasteiger partial charge in [0.15, 0.2) is 0 Å². The van der Waals surface area contributed by atoms with Crippen molar-refractivity contribution in [2.45, 2.75) is 5.92 Å². The molecule has 1 heterocycles. The van der Waals surface area contributed by atoms with Gasteiger partial charge in [-0.2, -0.15) is 0 Å². The minimum Gasteiger partial charge on any atom is -0.481 e. The van der Waals surface area contributed by atoms with Crippen molar-refractivity contribution < 1.29 is 14.7 Å². The standard InChI is InChI=1S/C16H12BrNO3/c17-13-7-3-1-6-11(13)15(19)18-9-12(16(20)21)10-5-2-4-8-14(10)18/h1-8,12H,9H2,(H,20,21). The van der Waals surface area contributed by atoms with Crippen molar-refractivity contribution in [2.24, 2.45) is 0 Å². The SMILES string of the molecule is O=C(O)C1CN(C(=O)c2ccccc2Br)c2ccccc21. The van der Waals surface area contributed by atoms with E-state index in [4.69, 9.17) is 0 Å². The fraction of sp³-hybridized carbons (Fsp3) is 0.125. The third kappa shape index (κ3) is 2.34. The number of anilines is 1. The Morgan fingerprint density at radius 2 is 1.76 bits per heavy atom. The van der Waals surface area contributed by atoms with E-state index < -0.39 is 11.9 Å². The second-order valence-corrected chi connectivity index (χ2v) is 5.70. The molecule has 1 unspecified atom stereocenters. The molecule has 2 aromatic carbocycles. The van der Waals surface area contributed by atoms with Gasteiger partial charge in [-0.1, -0.05) is 30.3 Å². The Hall–Kier alpha value is -2.14. The fourth-order valence-corrected chi connectivity index (χ4v) is 3.05. The molecule has 1 N–H and O–H groups in total. The van der Waals surface area contributed by atoms with Crippen LogP contribution in [-0.2, 0) is 4.79 Å². The summed E-state index contributed by atoms with van der Waals surface area (Å²) in [5, 5.41) is 9.34. The van der Waals surface area contributed by atoms with Crippen molar-refractivity contribution in [3.05, 3.63) is 64.1 Å². The van der Waals surface area contributed by atoms with Crippen molar-refractivity contribution in [2.75, 3.05) is 11.4 Å². The van der Waals surface area contributed by atoms with E-state index >= 15 is 0 Å². The zero-order valence-electron chi connectivity index (χ0n) is 11.0. The Labute approximate surface area is 130 Å². The molecule has 0 radical (unpaired) electrons. The Balaban J connectivity index is 2.03. The number of carbonyl (C=O) groups excluding carboxylic acids is 1. The summed E-state index contributed by atoms with van der Waals surface area (Å²) in [6.45, 7) is 0.162. The summed E-state index contributed by atoms with van der Waals surface area (Å²) in [6, 6.07) is 14.3. The molecule has 0 aliphatic carbocycles. The topological polar surface area (TPSA) is 57.6 Å². The number of benzene rings is 2. The number of fused-ring (bicyclic) bond motifs is 1. The number of halogens is 1. The quantitative estimate of drug-likeness (QED) is 0.908. The third-order valence-corrected chi connectivity index (χ3v) is 4.31. The number of amides is 1. The van der Waals surface area contributed by atoms with Crippen LogP contribution in [0.3, 0.4) is 0 Å². The molecule has 0 spiro atoms. The Morgan fingerprint density at radius 3 is 2.48 bits per heavy atom. The predicted molar refractivity (Wildman–Crippen MR) is 82.6 cm³/mol. The number of carboxylic acids is 1. The highest BCUT2D eigenvalue weighted by molar-refractivity contribution is 9.10. The largest absolute Gasteiger partial charge is 0.481 e. The van der Waals surface area contributed by atoms with Gasteiger partial charge < -0.3 is 10.0 Å². The maximum atomic E-state index is 12.7. The van der Waals surface area contributed by atoms with Crippen LogP contribution in [0.2, 0.25) is 0 Å². The van der Waals surface area contributed by atoms with E-state index in [1.54, 1.807) is 36.4 Å². The van der Waals surface area contributed by atoms with Crippen LogP contribution in [0.5, 0.6) is 0 Å². The molecular weight excluding hydrogens is 334 g/mol. The van der Waals surface area contributed by atoms with Crippen LogP contribution in [-0.4, -0.2) is 23.5 Å². The summed E-state index contributed by atoms with van der Waals surface area (Å²) >= 11 is 3.36. The molecule has 3 rings (SSSR count). The molecule has 5 heteroatoms. The number of carbonyl (C=O) groups is 2. The van der Waals surface area contributed by atoms with Gasteiger partial charge in [-0.15, -0.1) is 0 Å². The summed E-state index contributed by atoms with van der Waals surface area (Å²) in [4.78, 5) is 25.6. The van der Waals surface area contributed by atoms with E-state index in [1.165, 1.54) is 4.90 Å². The van der Waals surface area contributed by atoms with E-state index in [0.29, 0.717) is 21.3 Å². The van der Waals surface area contributed by atoms with Gasteiger partial charge in [0, 0.05) is 16.7 Å². The fourth-order valence-electron chi connectivity index (χ4n) is 2.59. The van der Waals surface area contributed by atoms with Crippen LogP contribution >= 0.6 is 15.9 Å². The Bertz CT molecular complexity index is 729. The van der Waals surface area contributed by atoms with Crippen molar-refractivity contribution in [3.63, 3.8) is 0 Å². The van der Waals surface area contributed by atoms with Gasteiger partial charge >= 0.3 is 5.97 Å². The van der Waals surface area contributed by atoms with Crippen molar-refractivity contribution >= 4 is 33.5 Å². The highest BCUT2D eigenvalue weighted by Gasteiger charge is 2.36. The average Bonchev–Trinajstić information content (AvgIpc) is 2.87. The number of hydrogen-bond donors (Lipinski definition) is 1. The van der Waals surface area contributed by atoms with Gasteiger partial charge in [0.25, 0.3) is 5.91 Å². The smallest absolute Gasteiger partial charge is 0.312 e. The van der Waals surface area contributed by atoms with Gasteiger partial charge in [0.2, 0.25) is 0 Å². The number of nitrogens with zero attached hydrogens (tertiary/aromatic N) is 1. The van der Waals surface area contributed by atoms with Gasteiger partial charge in [-0.3, -0.25) is 9.59 Å². The summed E-state index contributed by atoms with van der Waals surface area (Å²) in [7, 11) is 0. The molecule has 4 nitrogen and oxygen atoms in total. The number of rotatable bonds is 2. The van der Waals surface area contributed by atoms with Crippen LogP contribution in [0.15, 0.2) is 53.0 Å². The zero-order valence-corrected chi connectivity index (χ0v) is 12.6. The zero-order chi connectivity index (χ0) is 15.0. The lowest BCUT2D eigenvalue weighted by Crippen LogP contribution is -2.31. The molecule has 0 fully saturated rings. The number of aliphatic carboxylic acids is 1. The molecule has 1 amide bonds. The Morgan fingerprint density at radius 1 is 1.10 bits per heavy atom. The monoisotopic (exact) mass is 345 g/mol. The molecule has 106 valence electrons. The molecule has 0 saturated heterocycles. The second kappa shape index (κ2) is 5.33. The van der Waals surface area contributed by atoms with Gasteiger partial charge in [0.1, 0.15) is 5.92 Å². The summed E-state index contributed by atoms with van der Waals surface area (Å²) in [5.41, 5.74) is 1.88. The van der Waals surface area contributed by atoms with Crippen molar-refractivity contribution in [1.82, 2.24) is 0 Å². The molecule has 1 aliphatic heterocycles. The summed E-state index contributed by atoms with van der Waals surface area (Å²) in [6.07, 6.45) is 0.